The van der Waals surface area contributed by atoms with Crippen LogP contribution in [-0.4, -0.2) is 38.3 Å². The molecule has 0 fully saturated rings. The molecule has 1 heterocycles. The van der Waals surface area contributed by atoms with E-state index in [1.54, 1.807) is 7.05 Å². The number of para-hydroxylation sites is 1. The molecular formula is C13H17NO4. The van der Waals surface area contributed by atoms with Crippen LogP contribution in [0.3, 0.4) is 0 Å². The maximum absolute atomic E-state index is 11.6. The summed E-state index contributed by atoms with van der Waals surface area (Å²) in [4.78, 5) is 16.5. The second-order valence-electron chi connectivity index (χ2n) is 4.02. The molecule has 0 spiro atoms. The predicted octanol–water partition coefficient (Wildman–Crippen LogP) is 1.41. The maximum Gasteiger partial charge on any atom is 0.246 e. The third kappa shape index (κ3) is 2.73. The van der Waals surface area contributed by atoms with E-state index in [1.807, 2.05) is 18.2 Å². The lowest BCUT2D eigenvalue weighted by Gasteiger charge is -2.21. The lowest BCUT2D eigenvalue weighted by atomic mass is 10.1. The summed E-state index contributed by atoms with van der Waals surface area (Å²) >= 11 is 0. The van der Waals surface area contributed by atoms with E-state index in [2.05, 4.69) is 0 Å². The molecule has 1 amide bonds. The summed E-state index contributed by atoms with van der Waals surface area (Å²) in [6.45, 7) is 1.12. The van der Waals surface area contributed by atoms with Crippen LogP contribution in [0.5, 0.6) is 11.5 Å². The van der Waals surface area contributed by atoms with Gasteiger partial charge in [-0.05, 0) is 18.1 Å². The van der Waals surface area contributed by atoms with E-state index in [-0.39, 0.29) is 5.91 Å². The van der Waals surface area contributed by atoms with Crippen LogP contribution in [0, 0.1) is 0 Å². The van der Waals surface area contributed by atoms with Crippen molar-refractivity contribution < 1.29 is 19.1 Å². The van der Waals surface area contributed by atoms with E-state index in [0.29, 0.717) is 26.1 Å². The SMILES string of the molecule is CON(C)C(=O)CCc1cccc2c1OCCO2. The van der Waals surface area contributed by atoms with Gasteiger partial charge < -0.3 is 9.47 Å². The first kappa shape index (κ1) is 12.7. The molecule has 0 radical (unpaired) electrons. The van der Waals surface area contributed by atoms with Gasteiger partial charge in [0.1, 0.15) is 13.2 Å². The predicted molar refractivity (Wildman–Crippen MR) is 65.5 cm³/mol. The molecule has 5 nitrogen and oxygen atoms in total. The van der Waals surface area contributed by atoms with Crippen molar-refractivity contribution in [3.8, 4) is 11.5 Å². The number of amides is 1. The van der Waals surface area contributed by atoms with E-state index in [4.69, 9.17) is 14.3 Å². The number of fused-ring (bicyclic) bond motifs is 1. The van der Waals surface area contributed by atoms with Gasteiger partial charge in [-0.3, -0.25) is 9.63 Å². The number of rotatable bonds is 4. The molecule has 1 aliphatic rings. The molecule has 0 saturated heterocycles. The van der Waals surface area contributed by atoms with E-state index in [9.17, 15) is 4.79 Å². The Kier molecular flexibility index (Phi) is 4.04. The minimum atomic E-state index is -0.0631. The molecule has 18 heavy (non-hydrogen) atoms. The molecule has 0 N–H and O–H groups in total. The van der Waals surface area contributed by atoms with Crippen molar-refractivity contribution in [2.24, 2.45) is 0 Å². The van der Waals surface area contributed by atoms with Crippen LogP contribution in [0.4, 0.5) is 0 Å². The highest BCUT2D eigenvalue weighted by Gasteiger charge is 2.16. The van der Waals surface area contributed by atoms with Crippen LogP contribution in [-0.2, 0) is 16.1 Å². The van der Waals surface area contributed by atoms with Gasteiger partial charge in [-0.25, -0.2) is 5.06 Å². The second-order valence-corrected chi connectivity index (χ2v) is 4.02. The largest absolute Gasteiger partial charge is 0.486 e. The van der Waals surface area contributed by atoms with Crippen LogP contribution >= 0.6 is 0 Å². The number of nitrogens with zero attached hydrogens (tertiary/aromatic N) is 1. The fraction of sp³-hybridized carbons (Fsp3) is 0.462. The summed E-state index contributed by atoms with van der Waals surface area (Å²) in [6, 6.07) is 5.74. The minimum absolute atomic E-state index is 0.0631. The molecule has 1 aromatic rings. The summed E-state index contributed by atoms with van der Waals surface area (Å²) in [5, 5.41) is 1.23. The first-order chi connectivity index (χ1) is 8.72. The first-order valence-electron chi connectivity index (χ1n) is 5.90. The first-order valence-corrected chi connectivity index (χ1v) is 5.90. The Balaban J connectivity index is 2.03. The van der Waals surface area contributed by atoms with Crippen LogP contribution in [0.2, 0.25) is 0 Å². The average Bonchev–Trinajstić information content (AvgIpc) is 2.43. The lowest BCUT2D eigenvalue weighted by molar-refractivity contribution is -0.168. The summed E-state index contributed by atoms with van der Waals surface area (Å²) in [6.07, 6.45) is 0.989. The normalized spacial score (nSPS) is 13.2. The summed E-state index contributed by atoms with van der Waals surface area (Å²) < 4.78 is 11.1. The molecule has 98 valence electrons. The fourth-order valence-corrected chi connectivity index (χ4v) is 1.83. The van der Waals surface area contributed by atoms with E-state index < -0.39 is 0 Å². The Labute approximate surface area is 106 Å². The standard InChI is InChI=1S/C13H17NO4/c1-14(16-2)12(15)7-6-10-4-3-5-11-13(10)18-9-8-17-11/h3-5H,6-9H2,1-2H3. The molecule has 1 aliphatic heterocycles. The van der Waals surface area contributed by atoms with Gasteiger partial charge in [-0.15, -0.1) is 0 Å². The van der Waals surface area contributed by atoms with Crippen LogP contribution in [0.15, 0.2) is 18.2 Å². The molecule has 1 aromatic carbocycles. The molecule has 0 atom stereocenters. The molecule has 0 saturated carbocycles. The second kappa shape index (κ2) is 5.73. The number of carbonyl (C=O) groups excluding carboxylic acids is 1. The van der Waals surface area contributed by atoms with Gasteiger partial charge in [0.15, 0.2) is 11.5 Å². The monoisotopic (exact) mass is 251 g/mol. The molecule has 0 aliphatic carbocycles. The molecule has 5 heteroatoms. The van der Waals surface area contributed by atoms with E-state index in [0.717, 1.165) is 17.1 Å². The molecule has 0 aromatic heterocycles. The average molecular weight is 251 g/mol. The zero-order chi connectivity index (χ0) is 13.0. The van der Waals surface area contributed by atoms with Gasteiger partial charge in [0, 0.05) is 13.5 Å². The molecular weight excluding hydrogens is 234 g/mol. The van der Waals surface area contributed by atoms with Gasteiger partial charge in [-0.2, -0.15) is 0 Å². The minimum Gasteiger partial charge on any atom is -0.486 e. The number of carbonyl (C=O) groups is 1. The topological polar surface area (TPSA) is 48.0 Å². The van der Waals surface area contributed by atoms with Crippen molar-refractivity contribution in [1.29, 1.82) is 0 Å². The van der Waals surface area contributed by atoms with Crippen molar-refractivity contribution in [2.75, 3.05) is 27.4 Å². The smallest absolute Gasteiger partial charge is 0.246 e. The van der Waals surface area contributed by atoms with Crippen LogP contribution in [0.1, 0.15) is 12.0 Å². The number of ether oxygens (including phenoxy) is 2. The molecule has 0 bridgehead atoms. The van der Waals surface area contributed by atoms with Crippen molar-refractivity contribution >= 4 is 5.91 Å². The van der Waals surface area contributed by atoms with Crippen molar-refractivity contribution in [2.45, 2.75) is 12.8 Å². The summed E-state index contributed by atoms with van der Waals surface area (Å²) in [5.41, 5.74) is 0.991. The highest BCUT2D eigenvalue weighted by molar-refractivity contribution is 5.75. The number of hydrogen-bond acceptors (Lipinski definition) is 4. The summed E-state index contributed by atoms with van der Waals surface area (Å²) in [5.74, 6) is 1.45. The molecule has 0 unspecified atom stereocenters. The Morgan fingerprint density at radius 1 is 1.39 bits per heavy atom. The van der Waals surface area contributed by atoms with E-state index in [1.165, 1.54) is 12.2 Å². The third-order valence-electron chi connectivity index (χ3n) is 2.88. The Bertz CT molecular complexity index is 433. The highest BCUT2D eigenvalue weighted by atomic mass is 16.7. The highest BCUT2D eigenvalue weighted by Crippen LogP contribution is 2.34. The van der Waals surface area contributed by atoms with Crippen molar-refractivity contribution in [3.63, 3.8) is 0 Å². The van der Waals surface area contributed by atoms with Gasteiger partial charge >= 0.3 is 0 Å². The van der Waals surface area contributed by atoms with Gasteiger partial charge in [0.25, 0.3) is 0 Å². The van der Waals surface area contributed by atoms with Crippen molar-refractivity contribution in [1.82, 2.24) is 5.06 Å². The van der Waals surface area contributed by atoms with Crippen LogP contribution < -0.4 is 9.47 Å². The third-order valence-corrected chi connectivity index (χ3v) is 2.88. The quantitative estimate of drug-likeness (QED) is 0.759. The van der Waals surface area contributed by atoms with E-state index >= 15 is 0 Å². The zero-order valence-corrected chi connectivity index (χ0v) is 10.6. The number of hydroxylamine groups is 2. The number of aryl methyl sites for hydroxylation is 1. The van der Waals surface area contributed by atoms with Crippen LogP contribution in [0.25, 0.3) is 0 Å². The van der Waals surface area contributed by atoms with Gasteiger partial charge in [0.2, 0.25) is 5.91 Å². The summed E-state index contributed by atoms with van der Waals surface area (Å²) in [7, 11) is 3.07. The fourth-order valence-electron chi connectivity index (χ4n) is 1.83. The maximum atomic E-state index is 11.6. The lowest BCUT2D eigenvalue weighted by Crippen LogP contribution is -2.25. The number of hydrogen-bond donors (Lipinski definition) is 0. The van der Waals surface area contributed by atoms with Crippen molar-refractivity contribution in [3.05, 3.63) is 23.8 Å². The van der Waals surface area contributed by atoms with Gasteiger partial charge in [-0.1, -0.05) is 12.1 Å². The Morgan fingerprint density at radius 2 is 2.17 bits per heavy atom. The van der Waals surface area contributed by atoms with Gasteiger partial charge in [0.05, 0.1) is 7.11 Å². The zero-order valence-electron chi connectivity index (χ0n) is 10.6. The number of benzene rings is 1. The molecule has 2 rings (SSSR count). The Morgan fingerprint density at radius 3 is 2.94 bits per heavy atom. The Hall–Kier alpha value is -1.75.